The molecule has 0 aliphatic carbocycles. The lowest BCUT2D eigenvalue weighted by molar-refractivity contribution is -0.303. The van der Waals surface area contributed by atoms with E-state index in [2.05, 4.69) is 5.32 Å². The first kappa shape index (κ1) is 14.9. The smallest absolute Gasteiger partial charge is 0.253 e. The molecule has 5 nitrogen and oxygen atoms in total. The van der Waals surface area contributed by atoms with E-state index in [9.17, 15) is 9.59 Å². The highest BCUT2D eigenvalue weighted by Crippen LogP contribution is 2.34. The van der Waals surface area contributed by atoms with Crippen LogP contribution in [0.3, 0.4) is 0 Å². The molecule has 1 amide bonds. The first-order valence-corrected chi connectivity index (χ1v) is 5.93. The fourth-order valence-electron chi connectivity index (χ4n) is 1.64. The summed E-state index contributed by atoms with van der Waals surface area (Å²) in [5, 5.41) is 2.56. The fraction of sp³-hybridized carbons (Fsp3) is 0.692. The molecule has 0 radical (unpaired) electrons. The van der Waals surface area contributed by atoms with Crippen LogP contribution in [0.25, 0.3) is 0 Å². The maximum Gasteiger partial charge on any atom is 0.253 e. The summed E-state index contributed by atoms with van der Waals surface area (Å²) in [5.74, 6) is -1.17. The topological polar surface area (TPSA) is 64.6 Å². The molecule has 1 N–H and O–H groups in total. The van der Waals surface area contributed by atoms with E-state index in [-0.39, 0.29) is 11.7 Å². The molecule has 1 aliphatic rings. The summed E-state index contributed by atoms with van der Waals surface area (Å²) < 4.78 is 11.2. The second-order valence-corrected chi connectivity index (χ2v) is 5.63. The van der Waals surface area contributed by atoms with E-state index < -0.39 is 17.3 Å². The van der Waals surface area contributed by atoms with Gasteiger partial charge in [0.25, 0.3) is 5.91 Å². The van der Waals surface area contributed by atoms with E-state index in [0.717, 1.165) is 0 Å². The third-order valence-corrected chi connectivity index (χ3v) is 2.68. The minimum absolute atomic E-state index is 0.122. The van der Waals surface area contributed by atoms with Crippen LogP contribution in [0.4, 0.5) is 0 Å². The molecule has 1 heterocycles. The van der Waals surface area contributed by atoms with Crippen LogP contribution in [0.2, 0.25) is 0 Å². The predicted octanol–water partition coefficient (Wildman–Crippen LogP) is 1.38. The standard InChI is InChI=1S/C13H21NO4/c1-9(15)6-7-14-11(16)10-12(2,3)8-17-13(4,5)18-10/h6-7,10H,8H2,1-5H3,(H,14,16)/b7-6+/t10-/m0/s1. The summed E-state index contributed by atoms with van der Waals surface area (Å²) in [4.78, 5) is 22.8. The summed E-state index contributed by atoms with van der Waals surface area (Å²) in [7, 11) is 0. The number of ether oxygens (including phenoxy) is 2. The molecule has 0 unspecified atom stereocenters. The van der Waals surface area contributed by atoms with Gasteiger partial charge in [0.2, 0.25) is 0 Å². The van der Waals surface area contributed by atoms with Crippen molar-refractivity contribution in [2.24, 2.45) is 5.41 Å². The maximum absolute atomic E-state index is 12.0. The van der Waals surface area contributed by atoms with Crippen molar-refractivity contribution in [3.8, 4) is 0 Å². The summed E-state index contributed by atoms with van der Waals surface area (Å²) >= 11 is 0. The van der Waals surface area contributed by atoms with Crippen LogP contribution in [0.15, 0.2) is 12.3 Å². The van der Waals surface area contributed by atoms with Gasteiger partial charge >= 0.3 is 0 Å². The number of carbonyl (C=O) groups excluding carboxylic acids is 2. The monoisotopic (exact) mass is 255 g/mol. The molecule has 5 heteroatoms. The molecule has 1 rings (SSSR count). The number of amides is 1. The van der Waals surface area contributed by atoms with Crippen LogP contribution in [0.1, 0.15) is 34.6 Å². The summed E-state index contributed by atoms with van der Waals surface area (Å²) in [6.45, 7) is 9.21. The van der Waals surface area contributed by atoms with E-state index in [0.29, 0.717) is 6.61 Å². The Labute approximate surface area is 108 Å². The molecular weight excluding hydrogens is 234 g/mol. The fourth-order valence-corrected chi connectivity index (χ4v) is 1.64. The van der Waals surface area contributed by atoms with Crippen molar-refractivity contribution in [3.05, 3.63) is 12.3 Å². The van der Waals surface area contributed by atoms with Crippen LogP contribution in [-0.2, 0) is 19.1 Å². The largest absolute Gasteiger partial charge is 0.350 e. The third kappa shape index (κ3) is 3.92. The molecule has 1 saturated heterocycles. The number of rotatable bonds is 3. The van der Waals surface area contributed by atoms with Crippen LogP contribution in [0.5, 0.6) is 0 Å². The summed E-state index contributed by atoms with van der Waals surface area (Å²) in [6, 6.07) is 0. The number of hydrogen-bond acceptors (Lipinski definition) is 4. The second-order valence-electron chi connectivity index (χ2n) is 5.63. The Hall–Kier alpha value is -1.20. The minimum Gasteiger partial charge on any atom is -0.350 e. The average Bonchev–Trinajstić information content (AvgIpc) is 2.21. The number of nitrogens with one attached hydrogen (secondary N) is 1. The Kier molecular flexibility index (Phi) is 4.29. The van der Waals surface area contributed by atoms with Gasteiger partial charge in [0, 0.05) is 11.6 Å². The van der Waals surface area contributed by atoms with E-state index in [4.69, 9.17) is 9.47 Å². The number of hydrogen-bond donors (Lipinski definition) is 1. The summed E-state index contributed by atoms with van der Waals surface area (Å²) in [5.41, 5.74) is -0.413. The highest BCUT2D eigenvalue weighted by atomic mass is 16.7. The van der Waals surface area contributed by atoms with Crippen molar-refractivity contribution >= 4 is 11.7 Å². The predicted molar refractivity (Wildman–Crippen MR) is 66.6 cm³/mol. The van der Waals surface area contributed by atoms with Crippen molar-refractivity contribution in [1.82, 2.24) is 5.32 Å². The molecule has 1 atom stereocenters. The zero-order valence-electron chi connectivity index (χ0n) is 11.6. The van der Waals surface area contributed by atoms with Gasteiger partial charge in [0.05, 0.1) is 6.61 Å². The van der Waals surface area contributed by atoms with Gasteiger partial charge in [0.1, 0.15) is 6.10 Å². The first-order valence-electron chi connectivity index (χ1n) is 5.93. The van der Waals surface area contributed by atoms with Gasteiger partial charge in [-0.05, 0) is 26.8 Å². The molecule has 0 aromatic heterocycles. The van der Waals surface area contributed by atoms with Gasteiger partial charge in [-0.2, -0.15) is 0 Å². The first-order chi connectivity index (χ1) is 8.14. The zero-order valence-corrected chi connectivity index (χ0v) is 11.6. The van der Waals surface area contributed by atoms with Gasteiger partial charge in [-0.15, -0.1) is 0 Å². The van der Waals surface area contributed by atoms with Gasteiger partial charge in [0.15, 0.2) is 11.6 Å². The van der Waals surface area contributed by atoms with Crippen molar-refractivity contribution in [2.45, 2.75) is 46.5 Å². The molecule has 102 valence electrons. The maximum atomic E-state index is 12.0. The van der Waals surface area contributed by atoms with E-state index >= 15 is 0 Å². The molecule has 1 fully saturated rings. The molecule has 0 aromatic rings. The van der Waals surface area contributed by atoms with Crippen molar-refractivity contribution in [2.75, 3.05) is 6.61 Å². The third-order valence-electron chi connectivity index (χ3n) is 2.68. The highest BCUT2D eigenvalue weighted by Gasteiger charge is 2.45. The lowest BCUT2D eigenvalue weighted by Gasteiger charge is -2.44. The molecule has 0 saturated carbocycles. The van der Waals surface area contributed by atoms with Gasteiger partial charge in [-0.1, -0.05) is 13.8 Å². The lowest BCUT2D eigenvalue weighted by Crippen LogP contribution is -2.55. The van der Waals surface area contributed by atoms with E-state index in [1.165, 1.54) is 19.2 Å². The Balaban J connectivity index is 2.72. The molecule has 0 bridgehead atoms. The molecule has 18 heavy (non-hydrogen) atoms. The Morgan fingerprint density at radius 2 is 1.89 bits per heavy atom. The van der Waals surface area contributed by atoms with E-state index in [1.807, 2.05) is 13.8 Å². The van der Waals surface area contributed by atoms with Crippen molar-refractivity contribution in [3.63, 3.8) is 0 Å². The SMILES string of the molecule is CC(=O)/C=C/NC(=O)[C@@H]1OC(C)(C)OCC1(C)C. The summed E-state index contributed by atoms with van der Waals surface area (Å²) in [6.07, 6.45) is 2.03. The van der Waals surface area contributed by atoms with Gasteiger partial charge < -0.3 is 14.8 Å². The Bertz CT molecular complexity index is 371. The number of carbonyl (C=O) groups is 2. The molecular formula is C13H21NO4. The zero-order chi connectivity index (χ0) is 14.0. The van der Waals surface area contributed by atoms with Gasteiger partial charge in [-0.25, -0.2) is 0 Å². The molecule has 0 spiro atoms. The van der Waals surface area contributed by atoms with Crippen molar-refractivity contribution < 1.29 is 19.1 Å². The molecule has 1 aliphatic heterocycles. The van der Waals surface area contributed by atoms with Gasteiger partial charge in [-0.3, -0.25) is 9.59 Å². The lowest BCUT2D eigenvalue weighted by atomic mass is 9.85. The van der Waals surface area contributed by atoms with E-state index in [1.54, 1.807) is 13.8 Å². The van der Waals surface area contributed by atoms with Crippen LogP contribution in [0, 0.1) is 5.41 Å². The number of allylic oxidation sites excluding steroid dienone is 1. The second kappa shape index (κ2) is 5.20. The normalized spacial score (nSPS) is 25.9. The highest BCUT2D eigenvalue weighted by molar-refractivity contribution is 5.88. The van der Waals surface area contributed by atoms with Crippen LogP contribution in [-0.4, -0.2) is 30.2 Å². The average molecular weight is 255 g/mol. The number of ketones is 1. The quantitative estimate of drug-likeness (QED) is 0.774. The molecule has 0 aromatic carbocycles. The minimum atomic E-state index is -0.776. The van der Waals surface area contributed by atoms with Crippen molar-refractivity contribution in [1.29, 1.82) is 0 Å². The Morgan fingerprint density at radius 3 is 2.44 bits per heavy atom. The van der Waals surface area contributed by atoms with Crippen LogP contribution < -0.4 is 5.32 Å². The Morgan fingerprint density at radius 1 is 1.28 bits per heavy atom. The van der Waals surface area contributed by atoms with Crippen LogP contribution >= 0.6 is 0 Å².